The van der Waals surface area contributed by atoms with Gasteiger partial charge in [-0.05, 0) is 27.7 Å². The van der Waals surface area contributed by atoms with Crippen LogP contribution in [0.15, 0.2) is 0 Å². The number of rotatable bonds is 3. The van der Waals surface area contributed by atoms with Gasteiger partial charge in [0.15, 0.2) is 0 Å². The lowest BCUT2D eigenvalue weighted by molar-refractivity contribution is -0.153. The molecule has 1 aliphatic heterocycles. The van der Waals surface area contributed by atoms with Gasteiger partial charge in [-0.25, -0.2) is 4.79 Å². The lowest BCUT2D eigenvalue weighted by Crippen LogP contribution is -2.58. The maximum absolute atomic E-state index is 12.4. The summed E-state index contributed by atoms with van der Waals surface area (Å²) in [6, 6.07) is -0.827. The van der Waals surface area contributed by atoms with Crippen LogP contribution in [-0.4, -0.2) is 72.2 Å². The van der Waals surface area contributed by atoms with Crippen molar-refractivity contribution in [3.8, 4) is 0 Å². The Balaban J connectivity index is 2.41. The Morgan fingerprint density at radius 3 is 2.26 bits per heavy atom. The predicted molar refractivity (Wildman–Crippen MR) is 80.0 cm³/mol. The van der Waals surface area contributed by atoms with Gasteiger partial charge in [-0.1, -0.05) is 0 Å². The fourth-order valence-corrected chi connectivity index (χ4v) is 2.38. The fourth-order valence-electron chi connectivity index (χ4n) is 2.38. The third-order valence-corrected chi connectivity index (χ3v) is 3.35. The molecule has 2 N–H and O–H groups in total. The normalized spacial score (nSPS) is 20.3. The fraction of sp³-hybridized carbons (Fsp3) is 0.857. The maximum atomic E-state index is 12.4. The van der Waals surface area contributed by atoms with E-state index in [9.17, 15) is 22.8 Å². The number of nitrogens with zero attached hydrogens (tertiary/aromatic N) is 2. The first-order chi connectivity index (χ1) is 10.4. The standard InChI is InChI=1S/C14H25F3N4O2/c1-10-8-20(5-6-21(10)9-14(15,16)17)12(23)18-7-11(22)19-13(2,3)4/h10H,5-9H2,1-4H3,(H,18,23)(H,19,22)/t10-/m1/s1. The van der Waals surface area contributed by atoms with Gasteiger partial charge in [-0.2, -0.15) is 13.2 Å². The number of hydrogen-bond donors (Lipinski definition) is 2. The van der Waals surface area contributed by atoms with Crippen molar-refractivity contribution in [1.82, 2.24) is 20.4 Å². The van der Waals surface area contributed by atoms with E-state index in [1.54, 1.807) is 6.92 Å². The number of piperazine rings is 1. The van der Waals surface area contributed by atoms with E-state index < -0.39 is 18.8 Å². The molecular weight excluding hydrogens is 313 g/mol. The number of amides is 3. The summed E-state index contributed by atoms with van der Waals surface area (Å²) < 4.78 is 37.3. The molecule has 0 aromatic heterocycles. The molecule has 0 aromatic carbocycles. The predicted octanol–water partition coefficient (Wildman–Crippen LogP) is 1.18. The summed E-state index contributed by atoms with van der Waals surface area (Å²) in [5.74, 6) is -0.311. The van der Waals surface area contributed by atoms with Gasteiger partial charge in [-0.3, -0.25) is 9.69 Å². The lowest BCUT2D eigenvalue weighted by Gasteiger charge is -2.39. The molecule has 23 heavy (non-hydrogen) atoms. The Labute approximate surface area is 134 Å². The molecule has 1 saturated heterocycles. The minimum atomic E-state index is -4.25. The molecule has 134 valence electrons. The van der Waals surface area contributed by atoms with Crippen LogP contribution in [0.2, 0.25) is 0 Å². The van der Waals surface area contributed by atoms with Gasteiger partial charge < -0.3 is 15.5 Å². The average Bonchev–Trinajstić information content (AvgIpc) is 2.35. The number of alkyl halides is 3. The van der Waals surface area contributed by atoms with Gasteiger partial charge >= 0.3 is 12.2 Å². The van der Waals surface area contributed by atoms with Gasteiger partial charge in [0.25, 0.3) is 0 Å². The van der Waals surface area contributed by atoms with Gasteiger partial charge in [0.05, 0.1) is 13.1 Å². The highest BCUT2D eigenvalue weighted by Crippen LogP contribution is 2.20. The average molecular weight is 338 g/mol. The van der Waals surface area contributed by atoms with Gasteiger partial charge in [-0.15, -0.1) is 0 Å². The van der Waals surface area contributed by atoms with E-state index in [2.05, 4.69) is 10.6 Å². The number of halogens is 3. The summed E-state index contributed by atoms with van der Waals surface area (Å²) in [7, 11) is 0. The van der Waals surface area contributed by atoms with Crippen LogP contribution in [0.1, 0.15) is 27.7 Å². The summed E-state index contributed by atoms with van der Waals surface area (Å²) in [6.45, 7) is 6.55. The molecule has 0 unspecified atom stereocenters. The number of carbonyl (C=O) groups is 2. The molecule has 6 nitrogen and oxygen atoms in total. The topological polar surface area (TPSA) is 64.7 Å². The summed E-state index contributed by atoms with van der Waals surface area (Å²) >= 11 is 0. The highest BCUT2D eigenvalue weighted by Gasteiger charge is 2.35. The molecule has 0 bridgehead atoms. The third-order valence-electron chi connectivity index (χ3n) is 3.35. The zero-order chi connectivity index (χ0) is 17.8. The van der Waals surface area contributed by atoms with Crippen LogP contribution in [-0.2, 0) is 4.79 Å². The van der Waals surface area contributed by atoms with E-state index >= 15 is 0 Å². The van der Waals surface area contributed by atoms with Crippen LogP contribution in [0.5, 0.6) is 0 Å². The molecule has 1 aliphatic rings. The van der Waals surface area contributed by atoms with Crippen molar-refractivity contribution in [2.45, 2.75) is 45.5 Å². The van der Waals surface area contributed by atoms with Crippen molar-refractivity contribution in [3.63, 3.8) is 0 Å². The van der Waals surface area contributed by atoms with Crippen LogP contribution in [0.25, 0.3) is 0 Å². The van der Waals surface area contributed by atoms with Crippen molar-refractivity contribution in [1.29, 1.82) is 0 Å². The van der Waals surface area contributed by atoms with Gasteiger partial charge in [0, 0.05) is 31.2 Å². The Morgan fingerprint density at radius 2 is 1.78 bits per heavy atom. The maximum Gasteiger partial charge on any atom is 0.401 e. The third kappa shape index (κ3) is 7.54. The van der Waals surface area contributed by atoms with E-state index in [1.807, 2.05) is 20.8 Å². The zero-order valence-corrected chi connectivity index (χ0v) is 14.0. The smallest absolute Gasteiger partial charge is 0.350 e. The first-order valence-corrected chi connectivity index (χ1v) is 7.52. The highest BCUT2D eigenvalue weighted by molar-refractivity contribution is 5.84. The van der Waals surface area contributed by atoms with Gasteiger partial charge in [0.1, 0.15) is 0 Å². The Bertz CT molecular complexity index is 435. The quantitative estimate of drug-likeness (QED) is 0.812. The second-order valence-electron chi connectivity index (χ2n) is 6.84. The van der Waals surface area contributed by atoms with Crippen LogP contribution in [0, 0.1) is 0 Å². The Kier molecular flexibility index (Phi) is 6.26. The Hall–Kier alpha value is -1.51. The highest BCUT2D eigenvalue weighted by atomic mass is 19.4. The van der Waals surface area contributed by atoms with Crippen LogP contribution < -0.4 is 10.6 Å². The second kappa shape index (κ2) is 7.37. The first kappa shape index (κ1) is 19.5. The van der Waals surface area contributed by atoms with Crippen LogP contribution >= 0.6 is 0 Å². The molecule has 0 aliphatic carbocycles. The largest absolute Gasteiger partial charge is 0.401 e. The van der Waals surface area contributed by atoms with Crippen molar-refractivity contribution >= 4 is 11.9 Å². The Morgan fingerprint density at radius 1 is 1.17 bits per heavy atom. The number of carbonyl (C=O) groups excluding carboxylic acids is 2. The first-order valence-electron chi connectivity index (χ1n) is 7.52. The molecule has 1 fully saturated rings. The molecule has 1 atom stereocenters. The van der Waals surface area contributed by atoms with E-state index in [0.29, 0.717) is 0 Å². The molecule has 1 heterocycles. The molecular formula is C14H25F3N4O2. The number of nitrogens with one attached hydrogen (secondary N) is 2. The minimum Gasteiger partial charge on any atom is -0.350 e. The van der Waals surface area contributed by atoms with Gasteiger partial charge in [0.2, 0.25) is 5.91 Å². The van der Waals surface area contributed by atoms with Crippen LogP contribution in [0.4, 0.5) is 18.0 Å². The summed E-state index contributed by atoms with van der Waals surface area (Å²) in [5.41, 5.74) is -0.389. The second-order valence-corrected chi connectivity index (χ2v) is 6.84. The summed E-state index contributed by atoms with van der Waals surface area (Å²) in [6.07, 6.45) is -4.25. The van der Waals surface area contributed by atoms with E-state index in [-0.39, 0.29) is 43.7 Å². The van der Waals surface area contributed by atoms with E-state index in [0.717, 1.165) is 0 Å². The number of hydrogen-bond acceptors (Lipinski definition) is 3. The van der Waals surface area contributed by atoms with Crippen molar-refractivity contribution in [2.24, 2.45) is 0 Å². The van der Waals surface area contributed by atoms with Crippen molar-refractivity contribution in [2.75, 3.05) is 32.7 Å². The van der Waals surface area contributed by atoms with Crippen LogP contribution in [0.3, 0.4) is 0 Å². The molecule has 0 radical (unpaired) electrons. The van der Waals surface area contributed by atoms with Crippen molar-refractivity contribution < 1.29 is 22.8 Å². The number of urea groups is 1. The van der Waals surface area contributed by atoms with Crippen molar-refractivity contribution in [3.05, 3.63) is 0 Å². The molecule has 0 saturated carbocycles. The SMILES string of the molecule is C[C@@H]1CN(C(=O)NCC(=O)NC(C)(C)C)CCN1CC(F)(F)F. The molecule has 1 rings (SSSR count). The molecule has 0 spiro atoms. The van der Waals surface area contributed by atoms with E-state index in [1.165, 1.54) is 9.80 Å². The van der Waals surface area contributed by atoms with E-state index in [4.69, 9.17) is 0 Å². The molecule has 9 heteroatoms. The lowest BCUT2D eigenvalue weighted by atomic mass is 10.1. The zero-order valence-electron chi connectivity index (χ0n) is 14.0. The molecule has 3 amide bonds. The summed E-state index contributed by atoms with van der Waals surface area (Å²) in [4.78, 5) is 26.4. The molecule has 0 aromatic rings. The minimum absolute atomic E-state index is 0.155. The summed E-state index contributed by atoms with van der Waals surface area (Å²) in [5, 5.41) is 5.21. The monoisotopic (exact) mass is 338 g/mol.